The van der Waals surface area contributed by atoms with Crippen molar-refractivity contribution in [1.82, 2.24) is 0 Å². The number of ether oxygens (including phenoxy) is 1. The summed E-state index contributed by atoms with van der Waals surface area (Å²) in [6.45, 7) is 0.980. The molecule has 0 aromatic rings. The Hall–Kier alpha value is -0.930. The van der Waals surface area contributed by atoms with Crippen LogP contribution in [0.4, 0.5) is 4.39 Å². The van der Waals surface area contributed by atoms with Gasteiger partial charge in [0.15, 0.2) is 5.78 Å². The zero-order valence-corrected chi connectivity index (χ0v) is 8.72. The van der Waals surface area contributed by atoms with Gasteiger partial charge in [-0.15, -0.1) is 0 Å². The van der Waals surface area contributed by atoms with E-state index in [1.54, 1.807) is 0 Å². The van der Waals surface area contributed by atoms with Gasteiger partial charge in [-0.2, -0.15) is 0 Å². The second-order valence-electron chi connectivity index (χ2n) is 3.19. The zero-order chi connectivity index (χ0) is 11.0. The van der Waals surface area contributed by atoms with Crippen molar-refractivity contribution in [3.8, 4) is 0 Å². The number of rotatable bonds is 7. The van der Waals surface area contributed by atoms with E-state index in [2.05, 4.69) is 4.74 Å². The predicted octanol–water partition coefficient (Wildman–Crippen LogP) is 1.89. The zero-order valence-electron chi connectivity index (χ0n) is 8.72. The van der Waals surface area contributed by atoms with Crippen LogP contribution in [-0.2, 0) is 14.3 Å². The molecule has 3 nitrogen and oxygen atoms in total. The molecule has 0 spiro atoms. The number of alkyl halides is 1. The van der Waals surface area contributed by atoms with Gasteiger partial charge in [0, 0.05) is 6.42 Å². The number of Topliss-reactive ketones (excluding diaryl/α,β-unsaturated/α-hetero) is 1. The molecule has 0 aromatic heterocycles. The van der Waals surface area contributed by atoms with Crippen LogP contribution in [0, 0.1) is 5.92 Å². The second kappa shape index (κ2) is 7.47. The van der Waals surface area contributed by atoms with Gasteiger partial charge in [-0.25, -0.2) is 4.39 Å². The standard InChI is InChI=1S/C10H17FO3/c1-3-8(10(13)14-2)5-4-6-9(12)7-11/h8H,3-7H2,1-2H3. The van der Waals surface area contributed by atoms with Crippen molar-refractivity contribution in [3.05, 3.63) is 0 Å². The minimum absolute atomic E-state index is 0.160. The molecule has 0 saturated heterocycles. The van der Waals surface area contributed by atoms with Crippen LogP contribution in [0.3, 0.4) is 0 Å². The van der Waals surface area contributed by atoms with Gasteiger partial charge in [0.25, 0.3) is 0 Å². The Kier molecular flexibility index (Phi) is 6.98. The number of hydrogen-bond donors (Lipinski definition) is 0. The van der Waals surface area contributed by atoms with Gasteiger partial charge >= 0.3 is 5.97 Å². The first-order valence-electron chi connectivity index (χ1n) is 4.81. The summed E-state index contributed by atoms with van der Waals surface area (Å²) in [4.78, 5) is 21.7. The number of halogens is 1. The molecule has 0 aliphatic rings. The number of carbonyl (C=O) groups is 2. The van der Waals surface area contributed by atoms with Crippen LogP contribution >= 0.6 is 0 Å². The lowest BCUT2D eigenvalue weighted by Gasteiger charge is -2.10. The molecule has 1 unspecified atom stereocenters. The summed E-state index contributed by atoms with van der Waals surface area (Å²) in [5.74, 6) is -0.808. The third-order valence-electron chi connectivity index (χ3n) is 2.18. The van der Waals surface area contributed by atoms with E-state index >= 15 is 0 Å². The van der Waals surface area contributed by atoms with Gasteiger partial charge in [-0.3, -0.25) is 9.59 Å². The van der Waals surface area contributed by atoms with E-state index in [9.17, 15) is 14.0 Å². The van der Waals surface area contributed by atoms with Crippen molar-refractivity contribution >= 4 is 11.8 Å². The third kappa shape index (κ3) is 4.94. The van der Waals surface area contributed by atoms with Crippen LogP contribution in [0.25, 0.3) is 0 Å². The van der Waals surface area contributed by atoms with Crippen LogP contribution in [0.15, 0.2) is 0 Å². The van der Waals surface area contributed by atoms with Gasteiger partial charge in [0.05, 0.1) is 13.0 Å². The molecule has 0 aliphatic carbocycles. The van der Waals surface area contributed by atoms with Gasteiger partial charge in [0.2, 0.25) is 0 Å². The van der Waals surface area contributed by atoms with Gasteiger partial charge in [-0.1, -0.05) is 6.92 Å². The Labute approximate surface area is 83.6 Å². The molecule has 0 heterocycles. The largest absolute Gasteiger partial charge is 0.469 e. The van der Waals surface area contributed by atoms with Crippen molar-refractivity contribution in [1.29, 1.82) is 0 Å². The van der Waals surface area contributed by atoms with Crippen LogP contribution in [0.5, 0.6) is 0 Å². The fraction of sp³-hybridized carbons (Fsp3) is 0.800. The molecule has 0 fully saturated rings. The van der Waals surface area contributed by atoms with Crippen LogP contribution < -0.4 is 0 Å². The third-order valence-corrected chi connectivity index (χ3v) is 2.18. The minimum atomic E-state index is -0.908. The van der Waals surface area contributed by atoms with E-state index in [4.69, 9.17) is 0 Å². The lowest BCUT2D eigenvalue weighted by atomic mass is 9.99. The molecule has 0 saturated carbocycles. The summed E-state index contributed by atoms with van der Waals surface area (Å²) in [6, 6.07) is 0. The number of ketones is 1. The Bertz CT molecular complexity index is 192. The Balaban J connectivity index is 3.73. The lowest BCUT2D eigenvalue weighted by Crippen LogP contribution is -2.15. The van der Waals surface area contributed by atoms with Crippen molar-refractivity contribution in [3.63, 3.8) is 0 Å². The van der Waals surface area contributed by atoms with Gasteiger partial charge in [0.1, 0.15) is 6.67 Å². The summed E-state index contributed by atoms with van der Waals surface area (Å²) in [5, 5.41) is 0. The highest BCUT2D eigenvalue weighted by Crippen LogP contribution is 2.14. The fourth-order valence-electron chi connectivity index (χ4n) is 1.27. The van der Waals surface area contributed by atoms with E-state index in [0.717, 1.165) is 0 Å². The lowest BCUT2D eigenvalue weighted by molar-refractivity contribution is -0.146. The number of carbonyl (C=O) groups excluding carboxylic acids is 2. The SMILES string of the molecule is CCC(CCCC(=O)CF)C(=O)OC. The van der Waals surface area contributed by atoms with Gasteiger partial charge in [-0.05, 0) is 19.3 Å². The molecule has 82 valence electrons. The van der Waals surface area contributed by atoms with E-state index < -0.39 is 12.5 Å². The highest BCUT2D eigenvalue weighted by atomic mass is 19.1. The minimum Gasteiger partial charge on any atom is -0.469 e. The summed E-state index contributed by atoms with van der Waals surface area (Å²) >= 11 is 0. The maximum Gasteiger partial charge on any atom is 0.308 e. The first kappa shape index (κ1) is 13.1. The Morgan fingerprint density at radius 3 is 2.50 bits per heavy atom. The summed E-state index contributed by atoms with van der Waals surface area (Å²) in [5.41, 5.74) is 0. The smallest absolute Gasteiger partial charge is 0.308 e. The van der Waals surface area contributed by atoms with Crippen molar-refractivity contribution in [2.45, 2.75) is 32.6 Å². The molecule has 1 atom stereocenters. The molecule has 4 heteroatoms. The second-order valence-corrected chi connectivity index (χ2v) is 3.19. The molecule has 0 N–H and O–H groups in total. The normalized spacial score (nSPS) is 12.2. The molecule has 0 rings (SSSR count). The number of hydrogen-bond acceptors (Lipinski definition) is 3. The average Bonchev–Trinajstić information content (AvgIpc) is 2.22. The number of methoxy groups -OCH3 is 1. The highest BCUT2D eigenvalue weighted by molar-refractivity contribution is 5.79. The fourth-order valence-corrected chi connectivity index (χ4v) is 1.27. The maximum atomic E-state index is 11.8. The highest BCUT2D eigenvalue weighted by Gasteiger charge is 2.16. The first-order chi connectivity index (χ1) is 6.65. The van der Waals surface area contributed by atoms with Crippen molar-refractivity contribution in [2.75, 3.05) is 13.8 Å². The van der Waals surface area contributed by atoms with Crippen molar-refractivity contribution < 1.29 is 18.7 Å². The van der Waals surface area contributed by atoms with E-state index in [-0.39, 0.29) is 18.3 Å². The van der Waals surface area contributed by atoms with E-state index in [1.165, 1.54) is 7.11 Å². The maximum absolute atomic E-state index is 11.8. The molecule has 0 radical (unpaired) electrons. The van der Waals surface area contributed by atoms with Gasteiger partial charge < -0.3 is 4.74 Å². The quantitative estimate of drug-likeness (QED) is 0.595. The topological polar surface area (TPSA) is 43.4 Å². The summed E-state index contributed by atoms with van der Waals surface area (Å²) in [7, 11) is 1.34. The molecule has 0 bridgehead atoms. The summed E-state index contributed by atoms with van der Waals surface area (Å²) < 4.78 is 16.4. The average molecular weight is 204 g/mol. The van der Waals surface area contributed by atoms with Crippen molar-refractivity contribution in [2.24, 2.45) is 5.92 Å². The first-order valence-corrected chi connectivity index (χ1v) is 4.81. The van der Waals surface area contributed by atoms with Crippen LogP contribution in [-0.4, -0.2) is 25.5 Å². The number of esters is 1. The molecular formula is C10H17FO3. The van der Waals surface area contributed by atoms with Crippen LogP contribution in [0.1, 0.15) is 32.6 Å². The predicted molar refractivity (Wildman–Crippen MR) is 50.6 cm³/mol. The van der Waals surface area contributed by atoms with E-state index in [1.807, 2.05) is 6.92 Å². The molecule has 14 heavy (non-hydrogen) atoms. The Morgan fingerprint density at radius 1 is 1.43 bits per heavy atom. The van der Waals surface area contributed by atoms with Crippen LogP contribution in [0.2, 0.25) is 0 Å². The Morgan fingerprint density at radius 2 is 2.07 bits per heavy atom. The monoisotopic (exact) mass is 204 g/mol. The summed E-state index contributed by atoms with van der Waals surface area (Å²) in [6.07, 6.45) is 2.05. The van der Waals surface area contributed by atoms with E-state index in [0.29, 0.717) is 19.3 Å². The molecule has 0 aromatic carbocycles. The molecule has 0 aliphatic heterocycles. The molecule has 0 amide bonds. The molecular weight excluding hydrogens is 187 g/mol.